The molecule has 0 heterocycles. The van der Waals surface area contributed by atoms with Gasteiger partial charge >= 0.3 is 11.9 Å². The van der Waals surface area contributed by atoms with Gasteiger partial charge in [-0.1, -0.05) is 42.5 Å². The zero-order chi connectivity index (χ0) is 14.8. The normalized spacial score (nSPS) is 11.5. The summed E-state index contributed by atoms with van der Waals surface area (Å²) in [5, 5.41) is 17.3. The molecule has 0 atom stereocenters. The van der Waals surface area contributed by atoms with Crippen molar-refractivity contribution in [1.82, 2.24) is 5.48 Å². The molecule has 106 valence electrons. The van der Waals surface area contributed by atoms with Crippen molar-refractivity contribution in [1.29, 1.82) is 0 Å². The molecule has 20 heavy (non-hydrogen) atoms. The molecule has 0 saturated carbocycles. The lowest BCUT2D eigenvalue weighted by atomic mass is 10.2. The topological polar surface area (TPSA) is 95.9 Å². The van der Waals surface area contributed by atoms with Gasteiger partial charge in [0.25, 0.3) is 0 Å². The van der Waals surface area contributed by atoms with Gasteiger partial charge in [0.2, 0.25) is 0 Å². The fraction of sp³-hybridized carbons (Fsp3) is 0.143. The van der Waals surface area contributed by atoms with Gasteiger partial charge in [0.15, 0.2) is 0 Å². The molecule has 0 aromatic heterocycles. The number of benzene rings is 1. The third-order valence-corrected chi connectivity index (χ3v) is 2.18. The van der Waals surface area contributed by atoms with E-state index in [9.17, 15) is 9.59 Å². The minimum atomic E-state index is -1.28. The highest BCUT2D eigenvalue weighted by Gasteiger charge is 2.07. The Bertz CT molecular complexity index is 508. The molecule has 0 radical (unpaired) electrons. The summed E-state index contributed by atoms with van der Waals surface area (Å²) in [6.07, 6.45) is 4.17. The van der Waals surface area contributed by atoms with E-state index in [4.69, 9.17) is 15.1 Å². The average Bonchev–Trinajstić information content (AvgIpc) is 2.42. The first kappa shape index (κ1) is 15.5. The third-order valence-electron chi connectivity index (χ3n) is 2.18. The van der Waals surface area contributed by atoms with Crippen LogP contribution in [0.25, 0.3) is 6.08 Å². The zero-order valence-electron chi connectivity index (χ0n) is 10.7. The van der Waals surface area contributed by atoms with Crippen molar-refractivity contribution in [3.63, 3.8) is 0 Å². The number of hydrogen-bond donors (Lipinski definition) is 3. The Morgan fingerprint density at radius 1 is 1.20 bits per heavy atom. The third kappa shape index (κ3) is 6.36. The number of carboxylic acid groups (broad SMARTS) is 2. The van der Waals surface area contributed by atoms with Gasteiger partial charge in [0.1, 0.15) is 5.70 Å². The lowest BCUT2D eigenvalue weighted by molar-refractivity contribution is -0.136. The number of rotatable bonds is 8. The maximum atomic E-state index is 10.8. The summed E-state index contributed by atoms with van der Waals surface area (Å²) in [5.74, 6) is -2.40. The van der Waals surface area contributed by atoms with E-state index in [1.807, 2.05) is 36.4 Å². The van der Waals surface area contributed by atoms with Crippen molar-refractivity contribution in [2.45, 2.75) is 6.42 Å². The smallest absolute Gasteiger partial charge is 0.353 e. The van der Waals surface area contributed by atoms with Crippen LogP contribution in [0.2, 0.25) is 0 Å². The van der Waals surface area contributed by atoms with Crippen LogP contribution in [0.4, 0.5) is 0 Å². The predicted molar refractivity (Wildman–Crippen MR) is 72.5 cm³/mol. The second-order valence-electron chi connectivity index (χ2n) is 3.75. The largest absolute Gasteiger partial charge is 0.481 e. The van der Waals surface area contributed by atoms with Crippen LogP contribution < -0.4 is 5.48 Å². The van der Waals surface area contributed by atoms with Gasteiger partial charge < -0.3 is 10.2 Å². The highest BCUT2D eigenvalue weighted by Crippen LogP contribution is 2.00. The Morgan fingerprint density at radius 2 is 1.90 bits per heavy atom. The van der Waals surface area contributed by atoms with Crippen molar-refractivity contribution in [3.8, 4) is 0 Å². The molecule has 6 heteroatoms. The van der Waals surface area contributed by atoms with E-state index in [1.54, 1.807) is 6.08 Å². The molecule has 0 aliphatic carbocycles. The van der Waals surface area contributed by atoms with Crippen molar-refractivity contribution in [2.24, 2.45) is 0 Å². The molecule has 1 rings (SSSR count). The average molecular weight is 277 g/mol. The molecule has 0 bridgehead atoms. The van der Waals surface area contributed by atoms with E-state index in [0.29, 0.717) is 0 Å². The standard InChI is InChI=1S/C14H15NO5/c16-13(17)9-8-12(14(18)19)15-20-10-4-7-11-5-2-1-3-6-11/h1-8,15H,9-10H2,(H,16,17)(H,18,19). The first-order chi connectivity index (χ1) is 9.59. The molecule has 0 unspecified atom stereocenters. The van der Waals surface area contributed by atoms with Gasteiger partial charge in [-0.3, -0.25) is 15.1 Å². The van der Waals surface area contributed by atoms with E-state index in [-0.39, 0.29) is 12.3 Å². The molecule has 3 N–H and O–H groups in total. The van der Waals surface area contributed by atoms with Gasteiger partial charge in [-0.25, -0.2) is 4.79 Å². The Labute approximate surface area is 116 Å². The summed E-state index contributed by atoms with van der Waals surface area (Å²) < 4.78 is 0. The van der Waals surface area contributed by atoms with E-state index < -0.39 is 18.4 Å². The summed E-state index contributed by atoms with van der Waals surface area (Å²) in [6, 6.07) is 9.53. The summed E-state index contributed by atoms with van der Waals surface area (Å²) in [6.45, 7) is 0.145. The first-order valence-electron chi connectivity index (χ1n) is 5.84. The van der Waals surface area contributed by atoms with Crippen molar-refractivity contribution in [3.05, 3.63) is 53.7 Å². The number of hydrogen-bond acceptors (Lipinski definition) is 4. The molecule has 0 saturated heterocycles. The minimum absolute atomic E-state index is 0.145. The number of nitrogens with one attached hydrogen (secondary N) is 1. The van der Waals surface area contributed by atoms with Crippen molar-refractivity contribution >= 4 is 18.0 Å². The monoisotopic (exact) mass is 277 g/mol. The Morgan fingerprint density at radius 3 is 2.50 bits per heavy atom. The summed E-state index contributed by atoms with van der Waals surface area (Å²) >= 11 is 0. The van der Waals surface area contributed by atoms with Crippen molar-refractivity contribution < 1.29 is 24.6 Å². The highest BCUT2D eigenvalue weighted by atomic mass is 16.6. The lowest BCUT2D eigenvalue weighted by Crippen LogP contribution is -2.21. The molecular weight excluding hydrogens is 262 g/mol. The van der Waals surface area contributed by atoms with Crippen molar-refractivity contribution in [2.75, 3.05) is 6.61 Å². The Kier molecular flexibility index (Phi) is 6.56. The van der Waals surface area contributed by atoms with E-state index in [1.165, 1.54) is 0 Å². The second-order valence-corrected chi connectivity index (χ2v) is 3.75. The molecule has 1 aromatic carbocycles. The lowest BCUT2D eigenvalue weighted by Gasteiger charge is -2.05. The van der Waals surface area contributed by atoms with Crippen LogP contribution in [0, 0.1) is 0 Å². The van der Waals surface area contributed by atoms with Gasteiger partial charge in [-0.05, 0) is 11.6 Å². The highest BCUT2D eigenvalue weighted by molar-refractivity contribution is 5.86. The molecule has 0 aliphatic rings. The number of hydroxylamine groups is 1. The van der Waals surface area contributed by atoms with Gasteiger partial charge in [-0.2, -0.15) is 0 Å². The van der Waals surface area contributed by atoms with Crippen LogP contribution in [0.5, 0.6) is 0 Å². The number of carbonyl (C=O) groups is 2. The van der Waals surface area contributed by atoms with Gasteiger partial charge in [0, 0.05) is 0 Å². The Balaban J connectivity index is 2.38. The molecule has 0 amide bonds. The molecule has 6 nitrogen and oxygen atoms in total. The quantitative estimate of drug-likeness (QED) is 0.380. The summed E-state index contributed by atoms with van der Waals surface area (Å²) in [4.78, 5) is 26.0. The minimum Gasteiger partial charge on any atom is -0.481 e. The summed E-state index contributed by atoms with van der Waals surface area (Å²) in [5.41, 5.74) is 2.90. The first-order valence-corrected chi connectivity index (χ1v) is 5.84. The van der Waals surface area contributed by atoms with Crippen LogP contribution in [0.3, 0.4) is 0 Å². The molecule has 1 aromatic rings. The molecule has 0 spiro atoms. The second kappa shape index (κ2) is 8.49. The van der Waals surface area contributed by atoms with Crippen LogP contribution in [-0.4, -0.2) is 28.8 Å². The summed E-state index contributed by atoms with van der Waals surface area (Å²) in [7, 11) is 0. The van der Waals surface area contributed by atoms with Crippen LogP contribution in [0.1, 0.15) is 12.0 Å². The van der Waals surface area contributed by atoms with E-state index in [2.05, 4.69) is 5.48 Å². The van der Waals surface area contributed by atoms with Gasteiger partial charge in [0.05, 0.1) is 13.0 Å². The fourth-order valence-electron chi connectivity index (χ4n) is 1.28. The zero-order valence-corrected chi connectivity index (χ0v) is 10.7. The van der Waals surface area contributed by atoms with Crippen LogP contribution in [0.15, 0.2) is 48.2 Å². The molecule has 0 aliphatic heterocycles. The van der Waals surface area contributed by atoms with Gasteiger partial charge in [-0.15, -0.1) is 0 Å². The number of carboxylic acids is 2. The molecule has 0 fully saturated rings. The Hall–Kier alpha value is -2.60. The predicted octanol–water partition coefficient (Wildman–Crippen LogP) is 1.66. The maximum Gasteiger partial charge on any atom is 0.353 e. The fourth-order valence-corrected chi connectivity index (χ4v) is 1.28. The van der Waals surface area contributed by atoms with Crippen LogP contribution in [-0.2, 0) is 14.4 Å². The van der Waals surface area contributed by atoms with E-state index >= 15 is 0 Å². The van der Waals surface area contributed by atoms with E-state index in [0.717, 1.165) is 11.6 Å². The number of aliphatic carboxylic acids is 2. The molecular formula is C14H15NO5. The van der Waals surface area contributed by atoms with Crippen LogP contribution >= 0.6 is 0 Å². The SMILES string of the molecule is O=C(O)CC=C(NOCC=Cc1ccccc1)C(=O)O. The maximum absolute atomic E-state index is 10.8.